The molecular weight excluding hydrogens is 376 g/mol. The van der Waals surface area contributed by atoms with Crippen molar-refractivity contribution >= 4 is 14.6 Å². The summed E-state index contributed by atoms with van der Waals surface area (Å²) in [7, 11) is 4.91. The lowest BCUT2D eigenvalue weighted by Crippen LogP contribution is -2.43. The van der Waals surface area contributed by atoms with Crippen molar-refractivity contribution in [2.45, 2.75) is 18.3 Å². The lowest BCUT2D eigenvalue weighted by atomic mass is 9.92. The molecule has 2 aromatic rings. The van der Waals surface area contributed by atoms with Crippen LogP contribution in [0.5, 0.6) is 0 Å². The SMILES string of the molecule is COC(OC)(C(=O)c1ccccc1CC[Si](OC)(OC)OC)c1ccccc1. The zero-order valence-corrected chi connectivity index (χ0v) is 18.1. The molecule has 0 fully saturated rings. The van der Waals surface area contributed by atoms with Gasteiger partial charge in [0.2, 0.25) is 5.78 Å². The molecule has 0 aromatic heterocycles. The fourth-order valence-corrected chi connectivity index (χ4v) is 4.96. The van der Waals surface area contributed by atoms with Gasteiger partial charge in [0.1, 0.15) is 0 Å². The van der Waals surface area contributed by atoms with Crippen molar-refractivity contribution in [3.05, 3.63) is 71.3 Å². The van der Waals surface area contributed by atoms with Crippen molar-refractivity contribution in [1.29, 1.82) is 0 Å². The van der Waals surface area contributed by atoms with Gasteiger partial charge in [-0.05, 0) is 12.0 Å². The Bertz CT molecular complexity index is 748. The van der Waals surface area contributed by atoms with Gasteiger partial charge in [-0.25, -0.2) is 0 Å². The van der Waals surface area contributed by atoms with E-state index in [1.807, 2.05) is 48.5 Å². The molecule has 0 heterocycles. The summed E-state index contributed by atoms with van der Waals surface area (Å²) in [6.07, 6.45) is 0.557. The summed E-state index contributed by atoms with van der Waals surface area (Å²) in [6, 6.07) is 17.1. The Balaban J connectivity index is 2.40. The highest BCUT2D eigenvalue weighted by Crippen LogP contribution is 2.32. The van der Waals surface area contributed by atoms with Crippen molar-refractivity contribution < 1.29 is 27.5 Å². The van der Waals surface area contributed by atoms with E-state index in [9.17, 15) is 4.79 Å². The third-order valence-corrected chi connectivity index (χ3v) is 7.65. The molecule has 28 heavy (non-hydrogen) atoms. The smallest absolute Gasteiger partial charge is 0.377 e. The van der Waals surface area contributed by atoms with Gasteiger partial charge in [-0.2, -0.15) is 0 Å². The number of Topliss-reactive ketones (excluding diaryl/α,β-unsaturated/α-hetero) is 1. The molecule has 7 heteroatoms. The number of benzene rings is 2. The third-order valence-electron chi connectivity index (χ3n) is 4.92. The number of aryl methyl sites for hydroxylation is 1. The Kier molecular flexibility index (Phi) is 8.06. The van der Waals surface area contributed by atoms with Crippen LogP contribution in [0.4, 0.5) is 0 Å². The second-order valence-electron chi connectivity index (χ2n) is 6.17. The molecule has 0 bridgehead atoms. The van der Waals surface area contributed by atoms with E-state index in [0.29, 0.717) is 23.6 Å². The van der Waals surface area contributed by atoms with Crippen LogP contribution in [0.25, 0.3) is 0 Å². The second-order valence-corrected chi connectivity index (χ2v) is 9.26. The predicted molar refractivity (Wildman–Crippen MR) is 108 cm³/mol. The van der Waals surface area contributed by atoms with Gasteiger partial charge in [-0.15, -0.1) is 0 Å². The molecule has 0 amide bonds. The van der Waals surface area contributed by atoms with Gasteiger partial charge in [-0.3, -0.25) is 4.79 Å². The minimum absolute atomic E-state index is 0.265. The van der Waals surface area contributed by atoms with Crippen LogP contribution in [0.15, 0.2) is 54.6 Å². The Hall–Kier alpha value is -1.87. The Morgan fingerprint density at radius 3 is 1.89 bits per heavy atom. The first kappa shape index (κ1) is 22.4. The molecular formula is C21H28O6Si. The molecule has 6 nitrogen and oxygen atoms in total. The fraction of sp³-hybridized carbons (Fsp3) is 0.381. The largest absolute Gasteiger partial charge is 0.500 e. The molecule has 0 aliphatic carbocycles. The monoisotopic (exact) mass is 404 g/mol. The minimum atomic E-state index is -2.76. The number of rotatable bonds is 11. The first-order chi connectivity index (χ1) is 13.5. The van der Waals surface area contributed by atoms with E-state index in [0.717, 1.165) is 5.56 Å². The Morgan fingerprint density at radius 1 is 0.821 bits per heavy atom. The van der Waals surface area contributed by atoms with Crippen LogP contribution in [0.2, 0.25) is 6.04 Å². The summed E-state index contributed by atoms with van der Waals surface area (Å²) in [4.78, 5) is 13.6. The lowest BCUT2D eigenvalue weighted by molar-refractivity contribution is -0.176. The summed E-state index contributed by atoms with van der Waals surface area (Å²) in [5, 5.41) is 0. The molecule has 0 unspecified atom stereocenters. The van der Waals surface area contributed by atoms with Crippen LogP contribution in [-0.2, 0) is 35.0 Å². The van der Waals surface area contributed by atoms with Gasteiger partial charge >= 0.3 is 8.80 Å². The van der Waals surface area contributed by atoms with Crippen LogP contribution >= 0.6 is 0 Å². The van der Waals surface area contributed by atoms with E-state index in [1.165, 1.54) is 14.2 Å². The van der Waals surface area contributed by atoms with E-state index < -0.39 is 14.6 Å². The van der Waals surface area contributed by atoms with Crippen molar-refractivity contribution in [3.63, 3.8) is 0 Å². The van der Waals surface area contributed by atoms with Gasteiger partial charge in [0.05, 0.1) is 0 Å². The molecule has 152 valence electrons. The summed E-state index contributed by atoms with van der Waals surface area (Å²) in [6.45, 7) is 0. The van der Waals surface area contributed by atoms with Gasteiger partial charge in [-0.1, -0.05) is 54.6 Å². The Morgan fingerprint density at radius 2 is 1.36 bits per heavy atom. The summed E-state index contributed by atoms with van der Waals surface area (Å²) in [5.74, 6) is -1.78. The first-order valence-corrected chi connectivity index (χ1v) is 10.9. The number of carbonyl (C=O) groups is 1. The van der Waals surface area contributed by atoms with Crippen molar-refractivity contribution in [2.75, 3.05) is 35.5 Å². The van der Waals surface area contributed by atoms with Crippen LogP contribution in [0.3, 0.4) is 0 Å². The van der Waals surface area contributed by atoms with Gasteiger partial charge < -0.3 is 22.8 Å². The summed E-state index contributed by atoms with van der Waals surface area (Å²) >= 11 is 0. The molecule has 2 aromatic carbocycles. The maximum Gasteiger partial charge on any atom is 0.500 e. The average molecular weight is 405 g/mol. The van der Waals surface area contributed by atoms with Gasteiger partial charge in [0.25, 0.3) is 5.79 Å². The molecule has 0 atom stereocenters. The number of hydrogen-bond acceptors (Lipinski definition) is 6. The van der Waals surface area contributed by atoms with E-state index in [2.05, 4.69) is 0 Å². The number of ketones is 1. The normalized spacial score (nSPS) is 12.2. The van der Waals surface area contributed by atoms with E-state index in [4.69, 9.17) is 22.8 Å². The molecule has 2 rings (SSSR count). The predicted octanol–water partition coefficient (Wildman–Crippen LogP) is 3.44. The second kappa shape index (κ2) is 10.1. The first-order valence-electron chi connectivity index (χ1n) is 8.96. The number of ether oxygens (including phenoxy) is 2. The van der Waals surface area contributed by atoms with Crippen LogP contribution in [-0.4, -0.2) is 50.1 Å². The molecule has 0 N–H and O–H groups in total. The fourth-order valence-electron chi connectivity index (χ4n) is 3.27. The molecule has 0 spiro atoms. The number of methoxy groups -OCH3 is 2. The van der Waals surface area contributed by atoms with Crippen molar-refractivity contribution in [1.82, 2.24) is 0 Å². The third kappa shape index (κ3) is 4.40. The van der Waals surface area contributed by atoms with Gasteiger partial charge in [0.15, 0.2) is 0 Å². The minimum Gasteiger partial charge on any atom is -0.377 e. The van der Waals surface area contributed by atoms with E-state index >= 15 is 0 Å². The molecule has 0 aliphatic rings. The highest BCUT2D eigenvalue weighted by Gasteiger charge is 2.43. The highest BCUT2D eigenvalue weighted by atomic mass is 28.4. The van der Waals surface area contributed by atoms with Crippen LogP contribution in [0, 0.1) is 0 Å². The molecule has 0 saturated carbocycles. The average Bonchev–Trinajstić information content (AvgIpc) is 2.77. The van der Waals surface area contributed by atoms with Crippen molar-refractivity contribution in [2.24, 2.45) is 0 Å². The maximum atomic E-state index is 13.6. The number of carbonyl (C=O) groups excluding carboxylic acids is 1. The Labute approximate surface area is 167 Å². The van der Waals surface area contributed by atoms with Crippen LogP contribution in [0.1, 0.15) is 21.5 Å². The topological polar surface area (TPSA) is 63.2 Å². The van der Waals surface area contributed by atoms with Crippen molar-refractivity contribution in [3.8, 4) is 0 Å². The molecule has 0 saturated heterocycles. The quantitative estimate of drug-likeness (QED) is 0.325. The standard InChI is InChI=1S/C21H28O6Si/c1-23-21(24-2,18-12-7-6-8-13-18)20(22)19-14-10-9-11-17(19)15-16-28(25-3,26-4)27-5/h6-14H,15-16H2,1-5H3. The lowest BCUT2D eigenvalue weighted by Gasteiger charge is -2.30. The maximum absolute atomic E-state index is 13.6. The van der Waals surface area contributed by atoms with Crippen LogP contribution < -0.4 is 0 Å². The molecule has 0 aliphatic heterocycles. The summed E-state index contributed by atoms with van der Waals surface area (Å²) in [5.41, 5.74) is 2.01. The van der Waals surface area contributed by atoms with E-state index in [-0.39, 0.29) is 5.78 Å². The molecule has 0 radical (unpaired) electrons. The highest BCUT2D eigenvalue weighted by molar-refractivity contribution is 6.60. The van der Waals surface area contributed by atoms with E-state index in [1.54, 1.807) is 27.4 Å². The zero-order chi connectivity index (χ0) is 20.6. The zero-order valence-electron chi connectivity index (χ0n) is 17.1. The van der Waals surface area contributed by atoms with Gasteiger partial charge in [0, 0.05) is 52.7 Å². The summed E-state index contributed by atoms with van der Waals surface area (Å²) < 4.78 is 27.7. The number of hydrogen-bond donors (Lipinski definition) is 0.